The molecule has 3 heteroatoms. The molecule has 19 heavy (non-hydrogen) atoms. The van der Waals surface area contributed by atoms with E-state index in [-0.39, 0.29) is 0 Å². The van der Waals surface area contributed by atoms with Crippen LogP contribution in [0.3, 0.4) is 0 Å². The third-order valence-electron chi connectivity index (χ3n) is 5.17. The first-order valence-electron chi connectivity index (χ1n) is 8.09. The molecule has 2 heterocycles. The average molecular weight is 267 g/mol. The van der Waals surface area contributed by atoms with Crippen LogP contribution in [0.25, 0.3) is 0 Å². The molecule has 1 N–H and O–H groups in total. The molecule has 2 bridgehead atoms. The van der Waals surface area contributed by atoms with E-state index < -0.39 is 0 Å². The van der Waals surface area contributed by atoms with Gasteiger partial charge in [0, 0.05) is 31.2 Å². The molecule has 0 amide bonds. The summed E-state index contributed by atoms with van der Waals surface area (Å²) in [6.07, 6.45) is 4.18. The van der Waals surface area contributed by atoms with Crippen LogP contribution in [0.4, 0.5) is 0 Å². The molecule has 2 rings (SSSR count). The quantitative estimate of drug-likeness (QED) is 0.842. The largest absolute Gasteiger partial charge is 0.312 e. The lowest BCUT2D eigenvalue weighted by molar-refractivity contribution is 0.160. The maximum absolute atomic E-state index is 3.69. The first-order chi connectivity index (χ1) is 8.91. The molecular formula is C16H33N3. The minimum atomic E-state index is 0.341. The Morgan fingerprint density at radius 2 is 1.84 bits per heavy atom. The summed E-state index contributed by atoms with van der Waals surface area (Å²) in [5.74, 6) is 0. The molecule has 3 atom stereocenters. The van der Waals surface area contributed by atoms with E-state index in [0.29, 0.717) is 11.5 Å². The fourth-order valence-corrected chi connectivity index (χ4v) is 3.69. The van der Waals surface area contributed by atoms with Crippen LogP contribution < -0.4 is 5.32 Å². The van der Waals surface area contributed by atoms with Crippen molar-refractivity contribution in [1.29, 1.82) is 0 Å². The second-order valence-electron chi connectivity index (χ2n) is 7.58. The zero-order valence-electron chi connectivity index (χ0n) is 13.6. The summed E-state index contributed by atoms with van der Waals surface area (Å²) >= 11 is 0. The van der Waals surface area contributed by atoms with Crippen molar-refractivity contribution in [3.63, 3.8) is 0 Å². The van der Waals surface area contributed by atoms with Crippen molar-refractivity contribution in [3.8, 4) is 0 Å². The highest BCUT2D eigenvalue weighted by Gasteiger charge is 2.36. The Morgan fingerprint density at radius 3 is 2.47 bits per heavy atom. The van der Waals surface area contributed by atoms with Crippen LogP contribution in [-0.4, -0.2) is 61.2 Å². The number of rotatable bonds is 4. The first-order valence-corrected chi connectivity index (χ1v) is 8.09. The molecule has 2 saturated heterocycles. The van der Waals surface area contributed by atoms with Crippen LogP contribution in [-0.2, 0) is 0 Å². The third kappa shape index (κ3) is 3.71. The predicted octanol–water partition coefficient (Wildman–Crippen LogP) is 2.18. The highest BCUT2D eigenvalue weighted by molar-refractivity contribution is 4.93. The van der Waals surface area contributed by atoms with Gasteiger partial charge in [0.1, 0.15) is 0 Å². The fourth-order valence-electron chi connectivity index (χ4n) is 3.69. The van der Waals surface area contributed by atoms with E-state index >= 15 is 0 Å². The first kappa shape index (κ1) is 15.3. The summed E-state index contributed by atoms with van der Waals surface area (Å²) in [4.78, 5) is 5.35. The zero-order chi connectivity index (χ0) is 14.0. The molecule has 3 unspecified atom stereocenters. The van der Waals surface area contributed by atoms with E-state index in [9.17, 15) is 0 Å². The number of likely N-dealkylation sites (N-methyl/N-ethyl adjacent to an activating group) is 2. The van der Waals surface area contributed by atoms with Gasteiger partial charge in [-0.05, 0) is 44.8 Å². The maximum Gasteiger partial charge on any atom is 0.0243 e. The van der Waals surface area contributed by atoms with E-state index in [4.69, 9.17) is 0 Å². The number of likely N-dealkylation sites (tertiary alicyclic amines) is 1. The Bertz CT molecular complexity index is 284. The van der Waals surface area contributed by atoms with E-state index in [1.54, 1.807) is 0 Å². The van der Waals surface area contributed by atoms with Gasteiger partial charge in [-0.15, -0.1) is 0 Å². The van der Waals surface area contributed by atoms with Crippen molar-refractivity contribution < 1.29 is 0 Å². The van der Waals surface area contributed by atoms with Crippen molar-refractivity contribution in [2.45, 2.75) is 65.1 Å². The highest BCUT2D eigenvalue weighted by atomic mass is 15.3. The maximum atomic E-state index is 3.69. The van der Waals surface area contributed by atoms with Crippen molar-refractivity contribution in [2.24, 2.45) is 5.41 Å². The number of hydrogen-bond acceptors (Lipinski definition) is 3. The average Bonchev–Trinajstić information content (AvgIpc) is 2.55. The molecule has 0 saturated carbocycles. The molecule has 0 aromatic carbocycles. The zero-order valence-corrected chi connectivity index (χ0v) is 13.6. The third-order valence-corrected chi connectivity index (χ3v) is 5.17. The lowest BCUT2D eigenvalue weighted by Crippen LogP contribution is -2.50. The van der Waals surface area contributed by atoms with Crippen LogP contribution in [0.1, 0.15) is 47.0 Å². The van der Waals surface area contributed by atoms with Crippen LogP contribution >= 0.6 is 0 Å². The molecule has 0 aromatic rings. The molecule has 0 aliphatic carbocycles. The fraction of sp³-hybridized carbons (Fsp3) is 1.00. The van der Waals surface area contributed by atoms with Gasteiger partial charge in [0.2, 0.25) is 0 Å². The Morgan fingerprint density at radius 1 is 1.16 bits per heavy atom. The van der Waals surface area contributed by atoms with Crippen LogP contribution in [0.15, 0.2) is 0 Å². The Kier molecular flexibility index (Phi) is 4.91. The highest BCUT2D eigenvalue weighted by Crippen LogP contribution is 2.29. The summed E-state index contributed by atoms with van der Waals surface area (Å²) in [7, 11) is 2.33. The summed E-state index contributed by atoms with van der Waals surface area (Å²) in [5.41, 5.74) is 0.341. The minimum Gasteiger partial charge on any atom is -0.312 e. The van der Waals surface area contributed by atoms with Crippen molar-refractivity contribution in [3.05, 3.63) is 0 Å². The van der Waals surface area contributed by atoms with Crippen molar-refractivity contribution in [1.82, 2.24) is 15.1 Å². The second kappa shape index (κ2) is 6.11. The number of nitrogens with zero attached hydrogens (tertiary/aromatic N) is 2. The Balaban J connectivity index is 1.94. The van der Waals surface area contributed by atoms with Gasteiger partial charge in [-0.1, -0.05) is 27.7 Å². The molecule has 3 nitrogen and oxygen atoms in total. The lowest BCUT2D eigenvalue weighted by atomic mass is 9.86. The Labute approximate surface area is 119 Å². The van der Waals surface area contributed by atoms with Gasteiger partial charge >= 0.3 is 0 Å². The monoisotopic (exact) mass is 267 g/mol. The van der Waals surface area contributed by atoms with Gasteiger partial charge in [0.05, 0.1) is 0 Å². The van der Waals surface area contributed by atoms with E-state index in [0.717, 1.165) is 18.6 Å². The number of hydrogen-bond donors (Lipinski definition) is 1. The van der Waals surface area contributed by atoms with E-state index in [1.165, 1.54) is 38.9 Å². The topological polar surface area (TPSA) is 18.5 Å². The molecule has 2 aliphatic heterocycles. The van der Waals surface area contributed by atoms with E-state index in [2.05, 4.69) is 49.9 Å². The molecule has 0 spiro atoms. The minimum absolute atomic E-state index is 0.341. The normalized spacial score (nSPS) is 31.4. The standard InChI is InChI=1S/C16H33N3/c1-6-17-15(16(2,3)4)12-19-10-9-13-7-8-14(11-19)18(13)5/h13-15,17H,6-12H2,1-5H3. The van der Waals surface area contributed by atoms with Crippen LogP contribution in [0.5, 0.6) is 0 Å². The molecule has 112 valence electrons. The van der Waals surface area contributed by atoms with Crippen molar-refractivity contribution >= 4 is 0 Å². The SMILES string of the molecule is CCNC(CN1CCC2CCC(C1)N2C)C(C)(C)C. The summed E-state index contributed by atoms with van der Waals surface area (Å²) in [5, 5.41) is 3.69. The summed E-state index contributed by atoms with van der Waals surface area (Å²) in [6.45, 7) is 14.1. The van der Waals surface area contributed by atoms with Gasteiger partial charge in [0.15, 0.2) is 0 Å². The summed E-state index contributed by atoms with van der Waals surface area (Å²) < 4.78 is 0. The predicted molar refractivity (Wildman–Crippen MR) is 82.5 cm³/mol. The van der Waals surface area contributed by atoms with Gasteiger partial charge in [-0.3, -0.25) is 4.90 Å². The van der Waals surface area contributed by atoms with Gasteiger partial charge in [0.25, 0.3) is 0 Å². The van der Waals surface area contributed by atoms with E-state index in [1.807, 2.05) is 0 Å². The van der Waals surface area contributed by atoms with Crippen LogP contribution in [0.2, 0.25) is 0 Å². The van der Waals surface area contributed by atoms with Gasteiger partial charge in [-0.25, -0.2) is 0 Å². The smallest absolute Gasteiger partial charge is 0.0243 e. The number of nitrogens with one attached hydrogen (secondary N) is 1. The Hall–Kier alpha value is -0.120. The second-order valence-corrected chi connectivity index (χ2v) is 7.58. The molecule has 2 aliphatic rings. The van der Waals surface area contributed by atoms with Crippen molar-refractivity contribution in [2.75, 3.05) is 33.2 Å². The van der Waals surface area contributed by atoms with Gasteiger partial charge in [-0.2, -0.15) is 0 Å². The van der Waals surface area contributed by atoms with Crippen LogP contribution in [0, 0.1) is 5.41 Å². The molecule has 0 aromatic heterocycles. The lowest BCUT2D eigenvalue weighted by Gasteiger charge is -2.36. The summed E-state index contributed by atoms with van der Waals surface area (Å²) in [6, 6.07) is 2.25. The van der Waals surface area contributed by atoms with Gasteiger partial charge < -0.3 is 10.2 Å². The molecule has 2 fully saturated rings. The molecule has 0 radical (unpaired) electrons. The molecular weight excluding hydrogens is 234 g/mol. The number of fused-ring (bicyclic) bond motifs is 2.